The third kappa shape index (κ3) is 4.81. The van der Waals surface area contributed by atoms with Crippen molar-refractivity contribution in [2.45, 2.75) is 13.8 Å². The van der Waals surface area contributed by atoms with Crippen molar-refractivity contribution in [3.05, 3.63) is 84.9 Å². The van der Waals surface area contributed by atoms with Gasteiger partial charge in [0.15, 0.2) is 0 Å². The van der Waals surface area contributed by atoms with E-state index in [1.165, 1.54) is 5.69 Å². The number of benzene rings is 4. The molecule has 4 aromatic carbocycles. The van der Waals surface area contributed by atoms with E-state index >= 15 is 0 Å². The molecule has 2 N–H and O–H groups in total. The summed E-state index contributed by atoms with van der Waals surface area (Å²) in [7, 11) is 0. The molecule has 0 atom stereocenters. The van der Waals surface area contributed by atoms with Crippen LogP contribution in [0.4, 0.5) is 34.1 Å². The van der Waals surface area contributed by atoms with Gasteiger partial charge in [-0.25, -0.2) is 0 Å². The molecule has 0 amide bonds. The van der Waals surface area contributed by atoms with E-state index in [9.17, 15) is 0 Å². The second-order valence-electron chi connectivity index (χ2n) is 7.33. The van der Waals surface area contributed by atoms with E-state index in [2.05, 4.69) is 51.3 Å². The van der Waals surface area contributed by atoms with Crippen LogP contribution in [0.2, 0.25) is 0 Å². The van der Waals surface area contributed by atoms with Crippen molar-refractivity contribution in [2.75, 3.05) is 23.7 Å². The minimum atomic E-state index is 0.701. The number of anilines is 2. The fourth-order valence-electron chi connectivity index (χ4n) is 3.52. The predicted octanol–water partition coefficient (Wildman–Crippen LogP) is 8.10. The molecule has 0 bridgehead atoms. The molecule has 6 nitrogen and oxygen atoms in total. The number of nitrogens with zero attached hydrogens (tertiary/aromatic N) is 5. The van der Waals surface area contributed by atoms with Gasteiger partial charge < -0.3 is 10.6 Å². The molecular weight excluding hydrogens is 396 g/mol. The van der Waals surface area contributed by atoms with Gasteiger partial charge in [0, 0.05) is 35.2 Å². The average molecular weight is 423 g/mol. The summed E-state index contributed by atoms with van der Waals surface area (Å²) in [6.07, 6.45) is 0. The van der Waals surface area contributed by atoms with Crippen LogP contribution >= 0.6 is 0 Å². The summed E-state index contributed by atoms with van der Waals surface area (Å²) in [4.78, 5) is 2.30. The van der Waals surface area contributed by atoms with Gasteiger partial charge in [-0.2, -0.15) is 10.2 Å². The Morgan fingerprint density at radius 1 is 0.594 bits per heavy atom. The Morgan fingerprint density at radius 3 is 1.53 bits per heavy atom. The minimum absolute atomic E-state index is 0.701. The van der Waals surface area contributed by atoms with Gasteiger partial charge in [-0.15, -0.1) is 10.2 Å². The number of hydrogen-bond donors (Lipinski definition) is 1. The second-order valence-corrected chi connectivity index (χ2v) is 7.33. The first-order chi connectivity index (χ1) is 15.7. The van der Waals surface area contributed by atoms with Crippen LogP contribution in [-0.4, -0.2) is 13.1 Å². The van der Waals surface area contributed by atoms with Gasteiger partial charge in [0.2, 0.25) is 0 Å². The molecule has 0 aliphatic carbocycles. The Kier molecular flexibility index (Phi) is 6.51. The van der Waals surface area contributed by atoms with E-state index in [4.69, 9.17) is 5.73 Å². The van der Waals surface area contributed by atoms with Gasteiger partial charge >= 0.3 is 0 Å². The molecule has 6 heteroatoms. The highest BCUT2D eigenvalue weighted by Crippen LogP contribution is 2.35. The predicted molar refractivity (Wildman–Crippen MR) is 133 cm³/mol. The highest BCUT2D eigenvalue weighted by molar-refractivity contribution is 5.99. The summed E-state index contributed by atoms with van der Waals surface area (Å²) in [5.41, 5.74) is 10.8. The molecule has 0 heterocycles. The zero-order chi connectivity index (χ0) is 22.3. The van der Waals surface area contributed by atoms with Crippen molar-refractivity contribution in [3.63, 3.8) is 0 Å². The summed E-state index contributed by atoms with van der Waals surface area (Å²) in [5.74, 6) is 0. The highest BCUT2D eigenvalue weighted by atomic mass is 15.1. The highest BCUT2D eigenvalue weighted by Gasteiger charge is 2.06. The number of fused-ring (bicyclic) bond motifs is 1. The van der Waals surface area contributed by atoms with Crippen molar-refractivity contribution in [3.8, 4) is 0 Å². The summed E-state index contributed by atoms with van der Waals surface area (Å²) in [6.45, 7) is 6.26. The molecule has 0 fully saturated rings. The molecular formula is C26H26N6. The molecule has 4 aromatic rings. The van der Waals surface area contributed by atoms with Crippen LogP contribution in [-0.2, 0) is 0 Å². The summed E-state index contributed by atoms with van der Waals surface area (Å²) < 4.78 is 0. The molecule has 0 saturated carbocycles. The molecule has 0 radical (unpaired) electrons. The van der Waals surface area contributed by atoms with Crippen LogP contribution in [0, 0.1) is 0 Å². The molecule has 32 heavy (non-hydrogen) atoms. The average Bonchev–Trinajstić information content (AvgIpc) is 2.84. The van der Waals surface area contributed by atoms with E-state index in [-0.39, 0.29) is 0 Å². The molecule has 0 saturated heterocycles. The summed E-state index contributed by atoms with van der Waals surface area (Å²) in [5, 5.41) is 19.7. The molecule has 160 valence electrons. The van der Waals surface area contributed by atoms with Crippen LogP contribution < -0.4 is 10.6 Å². The quantitative estimate of drug-likeness (QED) is 0.241. The molecule has 4 rings (SSSR count). The number of hydrogen-bond acceptors (Lipinski definition) is 6. The summed E-state index contributed by atoms with van der Waals surface area (Å²) >= 11 is 0. The minimum Gasteiger partial charge on any atom is -0.399 e. The number of rotatable bonds is 7. The summed E-state index contributed by atoms with van der Waals surface area (Å²) in [6, 6.07) is 27.3. The number of azo groups is 2. The molecule has 0 aliphatic rings. The van der Waals surface area contributed by atoms with Crippen molar-refractivity contribution in [2.24, 2.45) is 20.5 Å². The van der Waals surface area contributed by atoms with Gasteiger partial charge in [-0.05, 0) is 74.5 Å². The fourth-order valence-corrected chi connectivity index (χ4v) is 3.52. The van der Waals surface area contributed by atoms with E-state index in [1.54, 1.807) is 0 Å². The third-order valence-electron chi connectivity index (χ3n) is 5.30. The Bertz CT molecular complexity index is 1240. The van der Waals surface area contributed by atoms with Gasteiger partial charge in [0.1, 0.15) is 0 Å². The van der Waals surface area contributed by atoms with Crippen molar-refractivity contribution in [1.82, 2.24) is 0 Å². The van der Waals surface area contributed by atoms with E-state index < -0.39 is 0 Å². The van der Waals surface area contributed by atoms with Crippen LogP contribution in [0.15, 0.2) is 105 Å². The largest absolute Gasteiger partial charge is 0.399 e. The standard InChI is InChI=1S/C26H26N6/c1-3-32(4-2)22-15-13-21(14-16-22)29-31-26-18-17-25(23-7-5-6-8-24(23)26)30-28-20-11-9-19(27)10-12-20/h5-18H,3-4,27H2,1-2H3/b30-28+,31-29+. The topological polar surface area (TPSA) is 78.7 Å². The van der Waals surface area contributed by atoms with E-state index in [1.807, 2.05) is 72.8 Å². The fraction of sp³-hybridized carbons (Fsp3) is 0.154. The lowest BCUT2D eigenvalue weighted by Crippen LogP contribution is -2.21. The van der Waals surface area contributed by atoms with Gasteiger partial charge in [-0.1, -0.05) is 24.3 Å². The third-order valence-corrected chi connectivity index (χ3v) is 5.30. The van der Waals surface area contributed by atoms with Gasteiger partial charge in [0.25, 0.3) is 0 Å². The van der Waals surface area contributed by atoms with E-state index in [0.29, 0.717) is 5.69 Å². The lowest BCUT2D eigenvalue weighted by molar-refractivity contribution is 0.866. The monoisotopic (exact) mass is 422 g/mol. The lowest BCUT2D eigenvalue weighted by Gasteiger charge is -2.20. The number of nitrogen functional groups attached to an aromatic ring is 1. The lowest BCUT2D eigenvalue weighted by atomic mass is 10.1. The Labute approximate surface area is 188 Å². The van der Waals surface area contributed by atoms with Crippen molar-refractivity contribution in [1.29, 1.82) is 0 Å². The Balaban J connectivity index is 1.60. The van der Waals surface area contributed by atoms with Crippen LogP contribution in [0.25, 0.3) is 10.8 Å². The smallest absolute Gasteiger partial charge is 0.0936 e. The molecule has 0 spiro atoms. The maximum Gasteiger partial charge on any atom is 0.0936 e. The Morgan fingerprint density at radius 2 is 1.06 bits per heavy atom. The zero-order valence-corrected chi connectivity index (χ0v) is 18.3. The SMILES string of the molecule is CCN(CC)c1ccc(/N=N/c2ccc(/N=N/c3ccc(N)cc3)c3ccccc23)cc1. The van der Waals surface area contributed by atoms with E-state index in [0.717, 1.165) is 46.6 Å². The Hall–Kier alpha value is -4.06. The van der Waals surface area contributed by atoms with Gasteiger partial charge in [-0.3, -0.25) is 0 Å². The maximum absolute atomic E-state index is 5.74. The molecule has 0 aliphatic heterocycles. The first-order valence-electron chi connectivity index (χ1n) is 10.7. The van der Waals surface area contributed by atoms with Gasteiger partial charge in [0.05, 0.1) is 22.7 Å². The van der Waals surface area contributed by atoms with Crippen LogP contribution in [0.5, 0.6) is 0 Å². The normalized spacial score (nSPS) is 11.6. The first-order valence-corrected chi connectivity index (χ1v) is 10.7. The van der Waals surface area contributed by atoms with Crippen molar-refractivity contribution < 1.29 is 0 Å². The molecule has 0 aromatic heterocycles. The zero-order valence-electron chi connectivity index (χ0n) is 18.3. The van der Waals surface area contributed by atoms with Crippen molar-refractivity contribution >= 4 is 44.9 Å². The first kappa shape index (κ1) is 21.2. The van der Waals surface area contributed by atoms with Crippen LogP contribution in [0.3, 0.4) is 0 Å². The van der Waals surface area contributed by atoms with Crippen LogP contribution in [0.1, 0.15) is 13.8 Å². The maximum atomic E-state index is 5.74. The number of nitrogens with two attached hydrogens (primary N) is 1. The second kappa shape index (κ2) is 9.83. The molecule has 0 unspecified atom stereocenters.